The van der Waals surface area contributed by atoms with Crippen LogP contribution in [0.3, 0.4) is 0 Å². The van der Waals surface area contributed by atoms with Crippen molar-refractivity contribution in [3.8, 4) is 11.5 Å². The predicted molar refractivity (Wildman–Crippen MR) is 125 cm³/mol. The first-order valence-electron chi connectivity index (χ1n) is 11.1. The topological polar surface area (TPSA) is 94.2 Å². The van der Waals surface area contributed by atoms with Gasteiger partial charge in [-0.1, -0.05) is 32.0 Å². The summed E-state index contributed by atoms with van der Waals surface area (Å²) in [7, 11) is -3.53. The second-order valence-corrected chi connectivity index (χ2v) is 10.0. The van der Waals surface area contributed by atoms with E-state index in [1.54, 1.807) is 19.1 Å². The van der Waals surface area contributed by atoms with Crippen LogP contribution in [0.1, 0.15) is 32.3 Å². The molecule has 1 amide bonds. The maximum absolute atomic E-state index is 12.7. The van der Waals surface area contributed by atoms with Crippen molar-refractivity contribution < 1.29 is 27.4 Å². The lowest BCUT2D eigenvalue weighted by Gasteiger charge is -2.26. The molecule has 0 radical (unpaired) electrons. The van der Waals surface area contributed by atoms with Gasteiger partial charge in [0, 0.05) is 13.1 Å². The van der Waals surface area contributed by atoms with E-state index in [2.05, 4.69) is 19.2 Å². The van der Waals surface area contributed by atoms with Crippen molar-refractivity contribution >= 4 is 15.9 Å². The average Bonchev–Trinajstić information content (AvgIpc) is 2.82. The largest absolute Gasteiger partial charge is 0.492 e. The number of carbonyl (C=O) groups is 1. The van der Waals surface area contributed by atoms with Gasteiger partial charge >= 0.3 is 0 Å². The zero-order chi connectivity index (χ0) is 23.8. The molecule has 8 nitrogen and oxygen atoms in total. The van der Waals surface area contributed by atoms with Crippen LogP contribution in [0.2, 0.25) is 0 Å². The molecule has 1 heterocycles. The Balaban J connectivity index is 1.44. The van der Waals surface area contributed by atoms with Gasteiger partial charge in [0.15, 0.2) is 6.10 Å². The van der Waals surface area contributed by atoms with E-state index in [9.17, 15) is 13.2 Å². The number of para-hydroxylation sites is 1. The number of morpholine rings is 1. The van der Waals surface area contributed by atoms with Gasteiger partial charge in [-0.3, -0.25) is 4.79 Å². The first-order valence-corrected chi connectivity index (χ1v) is 12.6. The molecule has 1 unspecified atom stereocenters. The number of ether oxygens (including phenoxy) is 3. The predicted octanol–water partition coefficient (Wildman–Crippen LogP) is 2.79. The fourth-order valence-corrected chi connectivity index (χ4v) is 4.85. The molecule has 9 heteroatoms. The van der Waals surface area contributed by atoms with Gasteiger partial charge in [0.2, 0.25) is 10.0 Å². The maximum Gasteiger partial charge on any atom is 0.260 e. The standard InChI is InChI=1S/C24H32N2O6S/c1-18(2)22-6-4-5-7-23(22)32-19(3)24(27)25-12-15-31-20-8-10-21(11-9-20)33(28,29)26-13-16-30-17-14-26/h4-11,18-19H,12-17H2,1-3H3,(H,25,27). The molecular formula is C24H32N2O6S. The Morgan fingerprint density at radius 1 is 1.06 bits per heavy atom. The van der Waals surface area contributed by atoms with E-state index in [0.29, 0.717) is 50.3 Å². The van der Waals surface area contributed by atoms with Crippen LogP contribution in [0, 0.1) is 0 Å². The molecule has 0 bridgehead atoms. The molecule has 1 atom stereocenters. The van der Waals surface area contributed by atoms with Crippen molar-refractivity contribution in [2.24, 2.45) is 0 Å². The summed E-state index contributed by atoms with van der Waals surface area (Å²) in [5, 5.41) is 2.80. The number of hydrogen-bond donors (Lipinski definition) is 1. The Morgan fingerprint density at radius 3 is 2.39 bits per heavy atom. The van der Waals surface area contributed by atoms with Crippen molar-refractivity contribution in [3.05, 3.63) is 54.1 Å². The third-order valence-electron chi connectivity index (χ3n) is 5.32. The van der Waals surface area contributed by atoms with Gasteiger partial charge in [-0.15, -0.1) is 0 Å². The molecule has 0 saturated carbocycles. The molecule has 0 aromatic heterocycles. The molecule has 2 aromatic rings. The van der Waals surface area contributed by atoms with Crippen molar-refractivity contribution in [1.29, 1.82) is 0 Å². The van der Waals surface area contributed by atoms with Crippen LogP contribution in [0.25, 0.3) is 0 Å². The summed E-state index contributed by atoms with van der Waals surface area (Å²) in [4.78, 5) is 12.6. The van der Waals surface area contributed by atoms with Crippen molar-refractivity contribution in [2.45, 2.75) is 37.7 Å². The minimum Gasteiger partial charge on any atom is -0.492 e. The third kappa shape index (κ3) is 6.69. The molecule has 1 N–H and O–H groups in total. The average molecular weight is 477 g/mol. The van der Waals surface area contributed by atoms with Crippen molar-refractivity contribution in [2.75, 3.05) is 39.5 Å². The lowest BCUT2D eigenvalue weighted by atomic mass is 10.0. The molecule has 0 spiro atoms. The Hall–Kier alpha value is -2.62. The minimum absolute atomic E-state index is 0.220. The van der Waals surface area contributed by atoms with E-state index >= 15 is 0 Å². The first kappa shape index (κ1) is 25.0. The van der Waals surface area contributed by atoms with Gasteiger partial charge < -0.3 is 19.5 Å². The summed E-state index contributed by atoms with van der Waals surface area (Å²) in [6, 6.07) is 14.0. The molecule has 33 heavy (non-hydrogen) atoms. The quantitative estimate of drug-likeness (QED) is 0.530. The fourth-order valence-electron chi connectivity index (χ4n) is 3.44. The summed E-state index contributed by atoms with van der Waals surface area (Å²) < 4.78 is 43.4. The van der Waals surface area contributed by atoms with Crippen molar-refractivity contribution in [1.82, 2.24) is 9.62 Å². The van der Waals surface area contributed by atoms with Crippen LogP contribution in [0.5, 0.6) is 11.5 Å². The number of nitrogens with one attached hydrogen (secondary N) is 1. The maximum atomic E-state index is 12.7. The minimum atomic E-state index is -3.53. The summed E-state index contributed by atoms with van der Waals surface area (Å²) in [5.41, 5.74) is 1.06. The Labute approximate surface area is 195 Å². The second kappa shape index (κ2) is 11.5. The summed E-state index contributed by atoms with van der Waals surface area (Å²) >= 11 is 0. The normalized spacial score (nSPS) is 15.8. The number of sulfonamides is 1. The number of benzene rings is 2. The lowest BCUT2D eigenvalue weighted by Crippen LogP contribution is -2.40. The highest BCUT2D eigenvalue weighted by molar-refractivity contribution is 7.89. The molecule has 3 rings (SSSR count). The van der Waals surface area contributed by atoms with Crippen LogP contribution >= 0.6 is 0 Å². The number of carbonyl (C=O) groups excluding carboxylic acids is 1. The van der Waals surface area contributed by atoms with E-state index in [1.807, 2.05) is 24.3 Å². The number of amides is 1. The fraction of sp³-hybridized carbons (Fsp3) is 0.458. The van der Waals surface area contributed by atoms with Gasteiger partial charge in [-0.25, -0.2) is 8.42 Å². The summed E-state index contributed by atoms with van der Waals surface area (Å²) in [6.45, 7) is 7.92. The van der Waals surface area contributed by atoms with Gasteiger partial charge in [-0.05, 0) is 48.7 Å². The van der Waals surface area contributed by atoms with Gasteiger partial charge in [-0.2, -0.15) is 4.31 Å². The van der Waals surface area contributed by atoms with E-state index in [0.717, 1.165) is 5.56 Å². The SMILES string of the molecule is CC(Oc1ccccc1C(C)C)C(=O)NCCOc1ccc(S(=O)(=O)N2CCOCC2)cc1. The lowest BCUT2D eigenvalue weighted by molar-refractivity contribution is -0.127. The highest BCUT2D eigenvalue weighted by Gasteiger charge is 2.26. The molecule has 0 aliphatic carbocycles. The van der Waals surface area contributed by atoms with Crippen LogP contribution in [0.15, 0.2) is 53.4 Å². The zero-order valence-electron chi connectivity index (χ0n) is 19.3. The Bertz CT molecular complexity index is 1020. The molecular weight excluding hydrogens is 444 g/mol. The van der Waals surface area contributed by atoms with E-state index < -0.39 is 16.1 Å². The summed E-state index contributed by atoms with van der Waals surface area (Å²) in [5.74, 6) is 1.29. The Kier molecular flexibility index (Phi) is 8.71. The third-order valence-corrected chi connectivity index (χ3v) is 7.23. The van der Waals surface area contributed by atoms with Gasteiger partial charge in [0.1, 0.15) is 18.1 Å². The molecule has 2 aromatic carbocycles. The smallest absolute Gasteiger partial charge is 0.260 e. The summed E-state index contributed by atoms with van der Waals surface area (Å²) in [6.07, 6.45) is -0.644. The highest BCUT2D eigenvalue weighted by atomic mass is 32.2. The van der Waals surface area contributed by atoms with Gasteiger partial charge in [0.05, 0.1) is 24.7 Å². The Morgan fingerprint density at radius 2 is 1.73 bits per heavy atom. The number of nitrogens with zero attached hydrogens (tertiary/aromatic N) is 1. The van der Waals surface area contributed by atoms with E-state index in [4.69, 9.17) is 14.2 Å². The van der Waals surface area contributed by atoms with E-state index in [1.165, 1.54) is 16.4 Å². The monoisotopic (exact) mass is 476 g/mol. The van der Waals surface area contributed by atoms with Gasteiger partial charge in [0.25, 0.3) is 5.91 Å². The number of hydrogen-bond acceptors (Lipinski definition) is 6. The van der Waals surface area contributed by atoms with Crippen LogP contribution in [-0.2, 0) is 19.6 Å². The highest BCUT2D eigenvalue weighted by Crippen LogP contribution is 2.26. The first-order chi connectivity index (χ1) is 15.8. The molecule has 1 saturated heterocycles. The number of rotatable bonds is 10. The second-order valence-electron chi connectivity index (χ2n) is 8.08. The molecule has 180 valence electrons. The van der Waals surface area contributed by atoms with Crippen LogP contribution < -0.4 is 14.8 Å². The van der Waals surface area contributed by atoms with Crippen LogP contribution in [0.4, 0.5) is 0 Å². The molecule has 1 fully saturated rings. The zero-order valence-corrected chi connectivity index (χ0v) is 20.1. The molecule has 1 aliphatic rings. The molecule has 1 aliphatic heterocycles. The van der Waals surface area contributed by atoms with Crippen molar-refractivity contribution in [3.63, 3.8) is 0 Å². The van der Waals surface area contributed by atoms with E-state index in [-0.39, 0.29) is 17.4 Å². The van der Waals surface area contributed by atoms with Crippen LogP contribution in [-0.4, -0.2) is 64.2 Å².